The van der Waals surface area contributed by atoms with E-state index in [0.29, 0.717) is 0 Å². The smallest absolute Gasteiger partial charge is 0.105 e. The molecule has 0 saturated carbocycles. The molecule has 1 aliphatic heterocycles. The highest BCUT2D eigenvalue weighted by Gasteiger charge is 2.12. The van der Waals surface area contributed by atoms with Gasteiger partial charge in [0.15, 0.2) is 0 Å². The lowest BCUT2D eigenvalue weighted by Crippen LogP contribution is -2.44. The first-order valence-corrected chi connectivity index (χ1v) is 8.16. The van der Waals surface area contributed by atoms with Crippen molar-refractivity contribution < 1.29 is 4.55 Å². The van der Waals surface area contributed by atoms with Crippen LogP contribution in [0.5, 0.6) is 0 Å². The molecule has 0 amide bonds. The van der Waals surface area contributed by atoms with Crippen molar-refractivity contribution in [2.75, 3.05) is 51.8 Å². The van der Waals surface area contributed by atoms with Gasteiger partial charge in [-0.2, -0.15) is 0 Å². The summed E-state index contributed by atoms with van der Waals surface area (Å²) in [4.78, 5) is 4.89. The fourth-order valence-electron chi connectivity index (χ4n) is 1.71. The minimum Gasteiger partial charge on any atom is -0.617 e. The van der Waals surface area contributed by atoms with Crippen molar-refractivity contribution in [3.05, 3.63) is 0 Å². The summed E-state index contributed by atoms with van der Waals surface area (Å²) < 4.78 is 10.8. The Hall–Kier alpha value is 0.120. The summed E-state index contributed by atoms with van der Waals surface area (Å²) in [7, 11) is 2.18. The molecule has 1 rings (SSSR count). The molecule has 0 aromatic rings. The molecule has 6 heteroatoms. The van der Waals surface area contributed by atoms with Crippen LogP contribution < -0.4 is 5.73 Å². The molecule has 0 aromatic carbocycles. The molecule has 1 heterocycles. The highest BCUT2D eigenvalue weighted by atomic mass is 32.2. The minimum absolute atomic E-state index is 0.604. The quantitative estimate of drug-likeness (QED) is 0.445. The monoisotopic (exact) mass is 279 g/mol. The van der Waals surface area contributed by atoms with Crippen LogP contribution in [0.25, 0.3) is 0 Å². The van der Waals surface area contributed by atoms with Gasteiger partial charge in [0.1, 0.15) is 5.75 Å². The first-order chi connectivity index (χ1) is 8.10. The zero-order valence-corrected chi connectivity index (χ0v) is 12.6. The van der Waals surface area contributed by atoms with Crippen molar-refractivity contribution in [1.29, 1.82) is 0 Å². The maximum atomic E-state index is 10.8. The predicted molar refractivity (Wildman–Crippen MR) is 79.9 cm³/mol. The van der Waals surface area contributed by atoms with Crippen molar-refractivity contribution in [2.24, 2.45) is 5.73 Å². The standard InChI is InChI=1S/C10H22N2OS.CH3NS/c1-11-6-8-12(9-7-11)5-3-4-10-14(2)13;2-1-3/h3-10H2,1-2H3;1H,(H2,2,3). The molecule has 1 atom stereocenters. The predicted octanol–water partition coefficient (Wildman–Crippen LogP) is 0.295. The number of nitrogens with two attached hydrogens (primary N) is 1. The maximum absolute atomic E-state index is 10.8. The summed E-state index contributed by atoms with van der Waals surface area (Å²) in [5, 5.41) is 0. The fourth-order valence-corrected chi connectivity index (χ4v) is 2.32. The number of nitrogens with zero attached hydrogens (tertiary/aromatic N) is 2. The van der Waals surface area contributed by atoms with Crippen LogP contribution in [0, 0.1) is 0 Å². The van der Waals surface area contributed by atoms with Crippen LogP contribution in [-0.2, 0) is 11.2 Å². The summed E-state index contributed by atoms with van der Waals surface area (Å²) in [6.07, 6.45) is 4.09. The number of piperazine rings is 1. The van der Waals surface area contributed by atoms with Crippen LogP contribution in [0.1, 0.15) is 12.8 Å². The molecule has 1 unspecified atom stereocenters. The van der Waals surface area contributed by atoms with Gasteiger partial charge in [0.2, 0.25) is 0 Å². The molecule has 0 radical (unpaired) electrons. The molecular formula is C11H25N3OS2. The third kappa shape index (κ3) is 11.0. The summed E-state index contributed by atoms with van der Waals surface area (Å²) >= 11 is 3.44. The molecule has 1 fully saturated rings. The number of hydrogen-bond donors (Lipinski definition) is 1. The van der Waals surface area contributed by atoms with Crippen molar-refractivity contribution in [2.45, 2.75) is 12.8 Å². The molecule has 0 aliphatic carbocycles. The van der Waals surface area contributed by atoms with Gasteiger partial charge in [-0.3, -0.25) is 0 Å². The third-order valence-corrected chi connectivity index (χ3v) is 3.62. The van der Waals surface area contributed by atoms with E-state index in [1.54, 1.807) is 6.26 Å². The Kier molecular flexibility index (Phi) is 11.3. The minimum atomic E-state index is -0.604. The first kappa shape index (κ1) is 17.1. The van der Waals surface area contributed by atoms with E-state index in [4.69, 9.17) is 0 Å². The van der Waals surface area contributed by atoms with Crippen LogP contribution in [0.2, 0.25) is 0 Å². The highest BCUT2D eigenvalue weighted by Crippen LogP contribution is 2.02. The fraction of sp³-hybridized carbons (Fsp3) is 0.909. The van der Waals surface area contributed by atoms with Crippen LogP contribution in [0.3, 0.4) is 0 Å². The largest absolute Gasteiger partial charge is 0.617 e. The third-order valence-electron chi connectivity index (χ3n) is 2.75. The van der Waals surface area contributed by atoms with Gasteiger partial charge < -0.3 is 20.1 Å². The topological polar surface area (TPSA) is 55.6 Å². The van der Waals surface area contributed by atoms with Crippen molar-refractivity contribution in [3.63, 3.8) is 0 Å². The summed E-state index contributed by atoms with van der Waals surface area (Å²) in [5.41, 5.74) is 5.62. The normalized spacial score (nSPS) is 19.2. The van der Waals surface area contributed by atoms with Crippen LogP contribution in [0.15, 0.2) is 0 Å². The van der Waals surface area contributed by atoms with E-state index in [1.165, 1.54) is 39.1 Å². The number of unbranched alkanes of at least 4 members (excludes halogenated alkanes) is 1. The lowest BCUT2D eigenvalue weighted by atomic mass is 10.2. The van der Waals surface area contributed by atoms with E-state index >= 15 is 0 Å². The van der Waals surface area contributed by atoms with Gasteiger partial charge in [-0.1, -0.05) is 23.4 Å². The Balaban J connectivity index is 0.000000770. The number of hydrogen-bond acceptors (Lipinski definition) is 4. The molecule has 2 N–H and O–H groups in total. The lowest BCUT2D eigenvalue weighted by molar-refractivity contribution is 0.152. The Bertz CT molecular complexity index is 186. The zero-order chi connectivity index (χ0) is 13.1. The van der Waals surface area contributed by atoms with Gasteiger partial charge in [-0.05, 0) is 26.4 Å². The Morgan fingerprint density at radius 1 is 1.29 bits per heavy atom. The van der Waals surface area contributed by atoms with Crippen LogP contribution in [0.4, 0.5) is 0 Å². The molecule has 4 nitrogen and oxygen atoms in total. The SMILES string of the molecule is CN1CCN(CCCC[S+](C)[O-])CC1.NC=S. The first-order valence-electron chi connectivity index (χ1n) is 5.96. The van der Waals surface area contributed by atoms with Gasteiger partial charge in [-0.25, -0.2) is 0 Å². The molecule has 0 aromatic heterocycles. The van der Waals surface area contributed by atoms with Crippen molar-refractivity contribution in [3.8, 4) is 0 Å². The van der Waals surface area contributed by atoms with E-state index in [9.17, 15) is 4.55 Å². The van der Waals surface area contributed by atoms with E-state index in [1.807, 2.05) is 0 Å². The molecule has 17 heavy (non-hydrogen) atoms. The number of rotatable bonds is 5. The molecule has 1 aliphatic rings. The van der Waals surface area contributed by atoms with E-state index < -0.39 is 11.2 Å². The highest BCUT2D eigenvalue weighted by molar-refractivity contribution is 7.90. The molecular weight excluding hydrogens is 254 g/mol. The lowest BCUT2D eigenvalue weighted by Gasteiger charge is -2.32. The molecule has 0 spiro atoms. The Morgan fingerprint density at radius 3 is 2.29 bits per heavy atom. The van der Waals surface area contributed by atoms with Gasteiger partial charge >= 0.3 is 0 Å². The van der Waals surface area contributed by atoms with Gasteiger partial charge in [0.25, 0.3) is 0 Å². The second-order valence-corrected chi connectivity index (χ2v) is 6.09. The maximum Gasteiger partial charge on any atom is 0.105 e. The van der Waals surface area contributed by atoms with E-state index in [-0.39, 0.29) is 0 Å². The average molecular weight is 279 g/mol. The average Bonchev–Trinajstić information content (AvgIpc) is 2.28. The van der Waals surface area contributed by atoms with E-state index in [0.717, 1.165) is 17.7 Å². The zero-order valence-electron chi connectivity index (χ0n) is 10.9. The van der Waals surface area contributed by atoms with Gasteiger partial charge in [0, 0.05) is 26.2 Å². The summed E-state index contributed by atoms with van der Waals surface area (Å²) in [5.74, 6) is 0.869. The molecule has 1 saturated heterocycles. The number of likely N-dealkylation sites (N-methyl/N-ethyl adjacent to an activating group) is 1. The number of thiocarbonyl (C=S) groups is 1. The van der Waals surface area contributed by atoms with Gasteiger partial charge in [0.05, 0.1) is 11.7 Å². The van der Waals surface area contributed by atoms with Gasteiger partial charge in [-0.15, -0.1) is 0 Å². The Labute approximate surface area is 114 Å². The van der Waals surface area contributed by atoms with Crippen molar-refractivity contribution in [1.82, 2.24) is 9.80 Å². The second-order valence-electron chi connectivity index (χ2n) is 4.27. The summed E-state index contributed by atoms with van der Waals surface area (Å²) in [6.45, 7) is 5.97. The van der Waals surface area contributed by atoms with Crippen LogP contribution in [-0.4, -0.2) is 71.6 Å². The van der Waals surface area contributed by atoms with Crippen LogP contribution >= 0.6 is 12.2 Å². The Morgan fingerprint density at radius 2 is 1.82 bits per heavy atom. The van der Waals surface area contributed by atoms with E-state index in [2.05, 4.69) is 34.8 Å². The molecule has 102 valence electrons. The second kappa shape index (κ2) is 11.2. The molecule has 0 bridgehead atoms. The van der Waals surface area contributed by atoms with Crippen molar-refractivity contribution >= 4 is 28.9 Å². The summed E-state index contributed by atoms with van der Waals surface area (Å²) in [6, 6.07) is 0.